The Hall–Kier alpha value is -2.27. The molecule has 1 unspecified atom stereocenters. The summed E-state index contributed by atoms with van der Waals surface area (Å²) in [4.78, 5) is 28.7. The van der Waals surface area contributed by atoms with Crippen molar-refractivity contribution in [1.82, 2.24) is 10.2 Å². The molecular formula is C24H32N2O2S. The highest BCUT2D eigenvalue weighted by molar-refractivity contribution is 7.99. The summed E-state index contributed by atoms with van der Waals surface area (Å²) in [5, 5.41) is 2.96. The van der Waals surface area contributed by atoms with Gasteiger partial charge in [-0.3, -0.25) is 9.59 Å². The first-order valence-electron chi connectivity index (χ1n) is 10.2. The van der Waals surface area contributed by atoms with Crippen LogP contribution >= 0.6 is 11.8 Å². The molecule has 4 nitrogen and oxygen atoms in total. The van der Waals surface area contributed by atoms with Crippen molar-refractivity contribution in [2.24, 2.45) is 0 Å². The highest BCUT2D eigenvalue weighted by Crippen LogP contribution is 2.21. The molecule has 0 bridgehead atoms. The Morgan fingerprint density at radius 1 is 1.03 bits per heavy atom. The molecule has 2 amide bonds. The van der Waals surface area contributed by atoms with Gasteiger partial charge in [0, 0.05) is 29.7 Å². The van der Waals surface area contributed by atoms with E-state index in [1.807, 2.05) is 51.1 Å². The van der Waals surface area contributed by atoms with Crippen LogP contribution in [0.15, 0.2) is 59.5 Å². The lowest BCUT2D eigenvalue weighted by atomic mass is 10.1. The maximum atomic E-state index is 13.1. The second-order valence-corrected chi connectivity index (χ2v) is 8.67. The molecule has 0 spiro atoms. The number of hydrogen-bond donors (Lipinski definition) is 1. The molecule has 5 heteroatoms. The van der Waals surface area contributed by atoms with Gasteiger partial charge in [0.1, 0.15) is 6.04 Å². The minimum absolute atomic E-state index is 0.0132. The fourth-order valence-electron chi connectivity index (χ4n) is 3.11. The number of aryl methyl sites for hydroxylation is 1. The van der Waals surface area contributed by atoms with Crippen molar-refractivity contribution in [1.29, 1.82) is 0 Å². The number of carbonyl (C=O) groups is 2. The number of nitrogens with one attached hydrogen (secondary N) is 1. The van der Waals surface area contributed by atoms with Crippen LogP contribution in [0.1, 0.15) is 44.7 Å². The van der Waals surface area contributed by atoms with Crippen LogP contribution in [0.2, 0.25) is 0 Å². The summed E-state index contributed by atoms with van der Waals surface area (Å²) in [6, 6.07) is 17.8. The second kappa shape index (κ2) is 11.7. The van der Waals surface area contributed by atoms with E-state index in [2.05, 4.69) is 36.5 Å². The topological polar surface area (TPSA) is 49.4 Å². The number of hydrogen-bond acceptors (Lipinski definition) is 3. The number of nitrogens with zero attached hydrogens (tertiary/aromatic N) is 1. The molecule has 1 N–H and O–H groups in total. The molecule has 1 atom stereocenters. The van der Waals surface area contributed by atoms with Crippen molar-refractivity contribution in [2.75, 3.05) is 5.75 Å². The maximum absolute atomic E-state index is 13.1. The van der Waals surface area contributed by atoms with Crippen molar-refractivity contribution < 1.29 is 9.59 Å². The third kappa shape index (κ3) is 7.58. The molecule has 156 valence electrons. The van der Waals surface area contributed by atoms with Gasteiger partial charge in [0.2, 0.25) is 11.8 Å². The zero-order valence-electron chi connectivity index (χ0n) is 17.9. The standard InChI is InChI=1S/C24H32N2O2S/c1-5-22(24(28)25-18(2)3)26(17-20-9-7-6-8-10-20)23(27)15-16-29-21-13-11-19(4)12-14-21/h6-14,18,22H,5,15-17H2,1-4H3,(H,25,28). The summed E-state index contributed by atoms with van der Waals surface area (Å²) in [5.41, 5.74) is 2.25. The van der Waals surface area contributed by atoms with Crippen molar-refractivity contribution in [3.8, 4) is 0 Å². The molecule has 0 radical (unpaired) electrons. The first kappa shape index (κ1) is 23.0. The minimum Gasteiger partial charge on any atom is -0.352 e. The van der Waals surface area contributed by atoms with Crippen LogP contribution in [0.5, 0.6) is 0 Å². The van der Waals surface area contributed by atoms with Crippen molar-refractivity contribution >= 4 is 23.6 Å². The molecule has 29 heavy (non-hydrogen) atoms. The lowest BCUT2D eigenvalue weighted by Gasteiger charge is -2.31. The van der Waals surface area contributed by atoms with Crippen LogP contribution in [0, 0.1) is 6.92 Å². The summed E-state index contributed by atoms with van der Waals surface area (Å²) >= 11 is 1.67. The van der Waals surface area contributed by atoms with Gasteiger partial charge < -0.3 is 10.2 Å². The molecule has 0 aliphatic heterocycles. The van der Waals surface area contributed by atoms with Gasteiger partial charge in [-0.05, 0) is 44.9 Å². The van der Waals surface area contributed by atoms with E-state index < -0.39 is 6.04 Å². The minimum atomic E-state index is -0.463. The zero-order valence-corrected chi connectivity index (χ0v) is 18.7. The van der Waals surface area contributed by atoms with Gasteiger partial charge in [-0.15, -0.1) is 11.8 Å². The lowest BCUT2D eigenvalue weighted by Crippen LogP contribution is -2.50. The van der Waals surface area contributed by atoms with Gasteiger partial charge in [-0.25, -0.2) is 0 Å². The molecule has 0 saturated carbocycles. The third-order valence-electron chi connectivity index (χ3n) is 4.62. The number of benzene rings is 2. The first-order chi connectivity index (χ1) is 13.9. The molecule has 0 fully saturated rings. The number of amides is 2. The highest BCUT2D eigenvalue weighted by Gasteiger charge is 2.28. The van der Waals surface area contributed by atoms with E-state index in [0.29, 0.717) is 25.1 Å². The highest BCUT2D eigenvalue weighted by atomic mass is 32.2. The molecule has 0 aliphatic rings. The Kier molecular flexibility index (Phi) is 9.26. The molecular weight excluding hydrogens is 380 g/mol. The summed E-state index contributed by atoms with van der Waals surface area (Å²) < 4.78 is 0. The second-order valence-electron chi connectivity index (χ2n) is 7.51. The van der Waals surface area contributed by atoms with E-state index in [9.17, 15) is 9.59 Å². The van der Waals surface area contributed by atoms with Crippen LogP contribution in [-0.4, -0.2) is 34.6 Å². The average molecular weight is 413 g/mol. The predicted octanol–water partition coefficient (Wildman–Crippen LogP) is 4.81. The molecule has 2 aromatic rings. The van der Waals surface area contributed by atoms with E-state index in [0.717, 1.165) is 10.5 Å². The fraction of sp³-hybridized carbons (Fsp3) is 0.417. The lowest BCUT2D eigenvalue weighted by molar-refractivity contribution is -0.141. The molecule has 0 aliphatic carbocycles. The number of thioether (sulfide) groups is 1. The van der Waals surface area contributed by atoms with Crippen LogP contribution < -0.4 is 5.32 Å². The van der Waals surface area contributed by atoms with Gasteiger partial charge in [-0.2, -0.15) is 0 Å². The molecule has 0 saturated heterocycles. The molecule has 2 aromatic carbocycles. The average Bonchev–Trinajstić information content (AvgIpc) is 2.69. The van der Waals surface area contributed by atoms with Crippen LogP contribution in [0.25, 0.3) is 0 Å². The fourth-order valence-corrected chi connectivity index (χ4v) is 3.96. The Balaban J connectivity index is 2.08. The summed E-state index contributed by atoms with van der Waals surface area (Å²) in [6.07, 6.45) is 0.985. The molecule has 2 rings (SSSR count). The number of rotatable bonds is 10. The van der Waals surface area contributed by atoms with E-state index >= 15 is 0 Å². The normalized spacial score (nSPS) is 11.9. The SMILES string of the molecule is CCC(C(=O)NC(C)C)N(Cc1ccccc1)C(=O)CCSc1ccc(C)cc1. The Morgan fingerprint density at radius 3 is 2.28 bits per heavy atom. The van der Waals surface area contributed by atoms with E-state index in [-0.39, 0.29) is 17.9 Å². The van der Waals surface area contributed by atoms with Gasteiger partial charge in [0.05, 0.1) is 0 Å². The Bertz CT molecular complexity index is 775. The van der Waals surface area contributed by atoms with Crippen LogP contribution in [-0.2, 0) is 16.1 Å². The van der Waals surface area contributed by atoms with E-state index in [4.69, 9.17) is 0 Å². The van der Waals surface area contributed by atoms with Crippen molar-refractivity contribution in [2.45, 2.75) is 64.1 Å². The van der Waals surface area contributed by atoms with Gasteiger partial charge in [-0.1, -0.05) is 55.0 Å². The largest absolute Gasteiger partial charge is 0.352 e. The van der Waals surface area contributed by atoms with E-state index in [1.54, 1.807) is 16.7 Å². The summed E-state index contributed by atoms with van der Waals surface area (Å²) in [6.45, 7) is 8.33. The molecule has 0 aromatic heterocycles. The third-order valence-corrected chi connectivity index (χ3v) is 5.63. The molecule has 0 heterocycles. The monoisotopic (exact) mass is 412 g/mol. The Morgan fingerprint density at radius 2 is 1.69 bits per heavy atom. The Labute approximate surface area is 179 Å². The first-order valence-corrected chi connectivity index (χ1v) is 11.2. The predicted molar refractivity (Wildman–Crippen MR) is 121 cm³/mol. The van der Waals surface area contributed by atoms with Crippen molar-refractivity contribution in [3.63, 3.8) is 0 Å². The van der Waals surface area contributed by atoms with Crippen LogP contribution in [0.4, 0.5) is 0 Å². The maximum Gasteiger partial charge on any atom is 0.243 e. The summed E-state index contributed by atoms with van der Waals surface area (Å²) in [7, 11) is 0. The van der Waals surface area contributed by atoms with Gasteiger partial charge in [0.25, 0.3) is 0 Å². The summed E-state index contributed by atoms with van der Waals surface area (Å²) in [5.74, 6) is 0.618. The van der Waals surface area contributed by atoms with Crippen molar-refractivity contribution in [3.05, 3.63) is 65.7 Å². The van der Waals surface area contributed by atoms with Gasteiger partial charge in [0.15, 0.2) is 0 Å². The quantitative estimate of drug-likeness (QED) is 0.570. The van der Waals surface area contributed by atoms with Crippen LogP contribution in [0.3, 0.4) is 0 Å². The smallest absolute Gasteiger partial charge is 0.243 e. The number of carbonyl (C=O) groups excluding carboxylic acids is 2. The van der Waals surface area contributed by atoms with Gasteiger partial charge >= 0.3 is 0 Å². The van der Waals surface area contributed by atoms with E-state index in [1.165, 1.54) is 5.56 Å². The zero-order chi connectivity index (χ0) is 21.2.